The zero-order chi connectivity index (χ0) is 20.8. The van der Waals surface area contributed by atoms with Crippen LogP contribution >= 0.6 is 0 Å². The van der Waals surface area contributed by atoms with Gasteiger partial charge in [-0.25, -0.2) is 9.07 Å². The van der Waals surface area contributed by atoms with E-state index >= 15 is 0 Å². The topological polar surface area (TPSA) is 70.4 Å². The van der Waals surface area contributed by atoms with Gasteiger partial charge >= 0.3 is 0 Å². The molecule has 0 unspecified atom stereocenters. The van der Waals surface area contributed by atoms with Crippen LogP contribution in [0.2, 0.25) is 0 Å². The molecule has 2 heterocycles. The predicted molar refractivity (Wildman–Crippen MR) is 110 cm³/mol. The number of aryl methyl sites for hydroxylation is 1. The summed E-state index contributed by atoms with van der Waals surface area (Å²) in [7, 11) is 0. The van der Waals surface area contributed by atoms with Crippen molar-refractivity contribution in [1.82, 2.24) is 20.2 Å². The fraction of sp³-hybridized carbons (Fsp3) is 0.217. The Hall–Kier alpha value is -3.45. The third kappa shape index (κ3) is 3.27. The molecule has 2 N–H and O–H groups in total. The van der Waals surface area contributed by atoms with Crippen molar-refractivity contribution in [2.24, 2.45) is 0 Å². The monoisotopic (exact) mass is 404 g/mol. The molecule has 5 rings (SSSR count). The Morgan fingerprint density at radius 1 is 1.23 bits per heavy atom. The first-order valence-corrected chi connectivity index (χ1v) is 9.93. The zero-order valence-electron chi connectivity index (χ0n) is 16.5. The summed E-state index contributed by atoms with van der Waals surface area (Å²) in [5.74, 6) is -0.486. The molecular formula is C23H21FN4O2. The molecule has 1 aliphatic heterocycles. The van der Waals surface area contributed by atoms with Gasteiger partial charge in [0.15, 0.2) is 0 Å². The third-order valence-electron chi connectivity index (χ3n) is 5.54. The first-order chi connectivity index (χ1) is 14.5. The van der Waals surface area contributed by atoms with Crippen LogP contribution in [0, 0.1) is 12.7 Å². The fourth-order valence-electron chi connectivity index (χ4n) is 3.70. The Balaban J connectivity index is 1.53. The van der Waals surface area contributed by atoms with Crippen LogP contribution in [0.1, 0.15) is 45.6 Å². The summed E-state index contributed by atoms with van der Waals surface area (Å²) in [5, 5.41) is 19.2. The minimum Gasteiger partial charge on any atom is -0.349 e. The summed E-state index contributed by atoms with van der Waals surface area (Å²) in [4.78, 5) is 12.5. The van der Waals surface area contributed by atoms with Crippen molar-refractivity contribution in [3.63, 3.8) is 0 Å². The largest absolute Gasteiger partial charge is 0.349 e. The Labute approximate surface area is 173 Å². The number of nitrogens with zero attached hydrogens (tertiary/aromatic N) is 3. The van der Waals surface area contributed by atoms with Gasteiger partial charge < -0.3 is 5.32 Å². The van der Waals surface area contributed by atoms with E-state index in [-0.39, 0.29) is 24.3 Å². The zero-order valence-corrected chi connectivity index (χ0v) is 16.5. The van der Waals surface area contributed by atoms with Gasteiger partial charge in [-0.3, -0.25) is 15.1 Å². The lowest BCUT2D eigenvalue weighted by Crippen LogP contribution is -2.26. The van der Waals surface area contributed by atoms with E-state index in [1.165, 1.54) is 10.7 Å². The van der Waals surface area contributed by atoms with E-state index in [9.17, 15) is 14.4 Å². The molecule has 152 valence electrons. The van der Waals surface area contributed by atoms with Gasteiger partial charge in [-0.2, -0.15) is 5.10 Å². The minimum atomic E-state index is -0.382. The van der Waals surface area contributed by atoms with Crippen molar-refractivity contribution in [3.05, 3.63) is 82.4 Å². The van der Waals surface area contributed by atoms with Gasteiger partial charge in [0.2, 0.25) is 0 Å². The second-order valence-corrected chi connectivity index (χ2v) is 7.77. The molecule has 0 spiro atoms. The van der Waals surface area contributed by atoms with Crippen molar-refractivity contribution in [3.8, 4) is 5.69 Å². The molecular weight excluding hydrogens is 383 g/mol. The van der Waals surface area contributed by atoms with E-state index in [2.05, 4.69) is 10.4 Å². The van der Waals surface area contributed by atoms with E-state index in [0.29, 0.717) is 22.6 Å². The molecule has 2 aromatic carbocycles. The van der Waals surface area contributed by atoms with Crippen molar-refractivity contribution in [1.29, 1.82) is 0 Å². The molecule has 1 amide bonds. The van der Waals surface area contributed by atoms with Gasteiger partial charge in [-0.05, 0) is 55.7 Å². The summed E-state index contributed by atoms with van der Waals surface area (Å²) in [6, 6.07) is 12.1. The number of amides is 1. The highest BCUT2D eigenvalue weighted by Crippen LogP contribution is 2.33. The summed E-state index contributed by atoms with van der Waals surface area (Å²) >= 11 is 0. The fourth-order valence-corrected chi connectivity index (χ4v) is 3.70. The van der Waals surface area contributed by atoms with Gasteiger partial charge in [0.05, 0.1) is 24.1 Å². The van der Waals surface area contributed by atoms with Gasteiger partial charge in [0.1, 0.15) is 11.5 Å². The van der Waals surface area contributed by atoms with E-state index in [1.807, 2.05) is 19.1 Å². The van der Waals surface area contributed by atoms with Crippen LogP contribution in [0.3, 0.4) is 0 Å². The maximum Gasteiger partial charge on any atom is 0.251 e. The van der Waals surface area contributed by atoms with Crippen LogP contribution < -0.4 is 5.32 Å². The highest BCUT2D eigenvalue weighted by Gasteiger charge is 2.26. The van der Waals surface area contributed by atoms with Gasteiger partial charge in [-0.1, -0.05) is 18.2 Å². The number of rotatable bonds is 4. The van der Waals surface area contributed by atoms with Crippen LogP contribution in [0.5, 0.6) is 0 Å². The quantitative estimate of drug-likeness (QED) is 0.692. The molecule has 30 heavy (non-hydrogen) atoms. The Morgan fingerprint density at radius 3 is 2.80 bits per heavy atom. The SMILES string of the molecule is Cc1ccc(C(=O)NC2CC2)cc1C1=Cc2cnn(-c3ccccc3F)c2CN1O. The molecule has 1 aromatic heterocycles. The maximum atomic E-state index is 14.2. The van der Waals surface area contributed by atoms with Gasteiger partial charge in [0.25, 0.3) is 5.91 Å². The number of halogens is 1. The Morgan fingerprint density at radius 2 is 2.03 bits per heavy atom. The van der Waals surface area contributed by atoms with Gasteiger partial charge in [0, 0.05) is 22.7 Å². The highest BCUT2D eigenvalue weighted by atomic mass is 19.1. The number of carbonyl (C=O) groups is 1. The minimum absolute atomic E-state index is 0.104. The highest BCUT2D eigenvalue weighted by molar-refractivity contribution is 5.96. The molecule has 0 saturated heterocycles. The summed E-state index contributed by atoms with van der Waals surface area (Å²) < 4.78 is 15.7. The van der Waals surface area contributed by atoms with Crippen LogP contribution in [-0.2, 0) is 6.54 Å². The molecule has 1 aliphatic carbocycles. The molecule has 7 heteroatoms. The molecule has 0 radical (unpaired) electrons. The number of carbonyl (C=O) groups excluding carboxylic acids is 1. The van der Waals surface area contributed by atoms with E-state index in [0.717, 1.165) is 34.6 Å². The summed E-state index contributed by atoms with van der Waals surface area (Å²) in [6.45, 7) is 2.08. The lowest BCUT2D eigenvalue weighted by molar-refractivity contribution is -0.0376. The number of hydrogen-bond donors (Lipinski definition) is 2. The first-order valence-electron chi connectivity index (χ1n) is 9.93. The second-order valence-electron chi connectivity index (χ2n) is 7.77. The van der Waals surface area contributed by atoms with E-state index < -0.39 is 0 Å². The number of fused-ring (bicyclic) bond motifs is 1. The second kappa shape index (κ2) is 7.11. The number of aromatic nitrogens is 2. The molecule has 2 aliphatic rings. The number of hydroxylamine groups is 2. The number of para-hydroxylation sites is 1. The Kier molecular flexibility index (Phi) is 4.40. The van der Waals surface area contributed by atoms with Crippen molar-refractivity contribution < 1.29 is 14.4 Å². The van der Waals surface area contributed by atoms with Crippen LogP contribution in [0.25, 0.3) is 17.5 Å². The van der Waals surface area contributed by atoms with E-state index in [1.54, 1.807) is 36.5 Å². The van der Waals surface area contributed by atoms with Crippen molar-refractivity contribution in [2.45, 2.75) is 32.4 Å². The third-order valence-corrected chi connectivity index (χ3v) is 5.54. The van der Waals surface area contributed by atoms with Crippen molar-refractivity contribution >= 4 is 17.7 Å². The molecule has 0 atom stereocenters. The lowest BCUT2D eigenvalue weighted by atomic mass is 9.98. The standard InChI is InChI=1S/C23H21FN4O2/c1-14-6-7-15(23(29)26-17-8-9-17)10-18(14)21-11-16-12-25-28(22(16)13-27(21)30)20-5-3-2-4-19(20)24/h2-7,10-12,17,30H,8-9,13H2,1H3,(H,26,29). The molecule has 0 bridgehead atoms. The maximum absolute atomic E-state index is 14.2. The number of benzene rings is 2. The summed E-state index contributed by atoms with van der Waals surface area (Å²) in [6.07, 6.45) is 5.52. The van der Waals surface area contributed by atoms with Crippen LogP contribution in [0.4, 0.5) is 4.39 Å². The predicted octanol–water partition coefficient (Wildman–Crippen LogP) is 3.91. The van der Waals surface area contributed by atoms with Crippen LogP contribution in [0.15, 0.2) is 48.7 Å². The molecule has 1 saturated carbocycles. The Bertz CT molecular complexity index is 1180. The summed E-state index contributed by atoms with van der Waals surface area (Å²) in [5.41, 5.74) is 4.66. The average Bonchev–Trinajstić information content (AvgIpc) is 3.46. The molecule has 1 fully saturated rings. The number of hydrogen-bond acceptors (Lipinski definition) is 4. The molecule has 6 nitrogen and oxygen atoms in total. The smallest absolute Gasteiger partial charge is 0.251 e. The number of nitrogens with one attached hydrogen (secondary N) is 1. The lowest BCUT2D eigenvalue weighted by Gasteiger charge is -2.26. The normalized spacial score (nSPS) is 15.6. The molecule has 3 aromatic rings. The van der Waals surface area contributed by atoms with E-state index in [4.69, 9.17) is 0 Å². The first kappa shape index (κ1) is 18.6. The van der Waals surface area contributed by atoms with Crippen molar-refractivity contribution in [2.75, 3.05) is 0 Å². The van der Waals surface area contributed by atoms with Gasteiger partial charge in [-0.15, -0.1) is 0 Å². The average molecular weight is 404 g/mol. The van der Waals surface area contributed by atoms with Crippen LogP contribution in [-0.4, -0.2) is 32.0 Å².